The summed E-state index contributed by atoms with van der Waals surface area (Å²) in [5.41, 5.74) is 10.2. The molecule has 3 aromatic carbocycles. The van der Waals surface area contributed by atoms with Crippen LogP contribution in [0.25, 0.3) is 21.9 Å². The van der Waals surface area contributed by atoms with Gasteiger partial charge in [-0.15, -0.1) is 0 Å². The van der Waals surface area contributed by atoms with Gasteiger partial charge in [0.2, 0.25) is 0 Å². The number of aryl methyl sites for hydroxylation is 1. The van der Waals surface area contributed by atoms with E-state index in [1.165, 1.54) is 30.7 Å². The summed E-state index contributed by atoms with van der Waals surface area (Å²) in [7, 11) is 1.42. The van der Waals surface area contributed by atoms with Crippen LogP contribution in [0.3, 0.4) is 0 Å². The third-order valence-corrected chi connectivity index (χ3v) is 6.33. The first-order valence-corrected chi connectivity index (χ1v) is 11.2. The second-order valence-electron chi connectivity index (χ2n) is 8.70. The molecule has 4 nitrogen and oxygen atoms in total. The maximum Gasteiger partial charge on any atom is 0.305 e. The van der Waals surface area contributed by atoms with Crippen molar-refractivity contribution in [1.29, 1.82) is 0 Å². The smallest absolute Gasteiger partial charge is 0.305 e. The summed E-state index contributed by atoms with van der Waals surface area (Å²) in [5.74, 6) is 1.30. The van der Waals surface area contributed by atoms with Gasteiger partial charge in [-0.25, -0.2) is 0 Å². The molecule has 0 unspecified atom stereocenters. The lowest BCUT2D eigenvalue weighted by Crippen LogP contribution is -2.23. The van der Waals surface area contributed by atoms with Crippen LogP contribution in [0.5, 0.6) is 5.75 Å². The number of hydrogen-bond acceptors (Lipinski definition) is 4. The highest BCUT2D eigenvalue weighted by atomic mass is 16.5. The Kier molecular flexibility index (Phi) is 6.45. The minimum absolute atomic E-state index is 0.193. The van der Waals surface area contributed by atoms with Crippen molar-refractivity contribution in [2.24, 2.45) is 5.92 Å². The SMILES string of the molecule is COC(=O)CCc1cc(N)c(OC2CCC(C)CC2)c(-c2ccc3ccccc3c2)c1. The number of anilines is 1. The van der Waals surface area contributed by atoms with Crippen LogP contribution in [0.1, 0.15) is 44.6 Å². The number of ether oxygens (including phenoxy) is 2. The van der Waals surface area contributed by atoms with Crippen LogP contribution in [0, 0.1) is 5.92 Å². The fourth-order valence-corrected chi connectivity index (χ4v) is 4.42. The Labute approximate surface area is 184 Å². The van der Waals surface area contributed by atoms with Crippen LogP contribution in [-0.2, 0) is 16.0 Å². The Balaban J connectivity index is 1.72. The van der Waals surface area contributed by atoms with Gasteiger partial charge in [0.1, 0.15) is 5.75 Å². The fourth-order valence-electron chi connectivity index (χ4n) is 4.42. The Morgan fingerprint density at radius 3 is 2.48 bits per heavy atom. The predicted octanol–water partition coefficient (Wildman–Crippen LogP) is 6.15. The van der Waals surface area contributed by atoms with E-state index in [1.54, 1.807) is 0 Å². The minimum Gasteiger partial charge on any atom is -0.488 e. The number of benzene rings is 3. The zero-order valence-electron chi connectivity index (χ0n) is 18.4. The normalized spacial score (nSPS) is 18.6. The zero-order chi connectivity index (χ0) is 21.8. The van der Waals surface area contributed by atoms with Crippen LogP contribution in [0.15, 0.2) is 54.6 Å². The molecule has 0 amide bonds. The van der Waals surface area contributed by atoms with Gasteiger partial charge >= 0.3 is 5.97 Å². The molecule has 4 rings (SSSR count). The van der Waals surface area contributed by atoms with Crippen LogP contribution < -0.4 is 10.5 Å². The van der Waals surface area contributed by atoms with Crippen molar-refractivity contribution in [3.63, 3.8) is 0 Å². The number of nitrogen functional groups attached to an aromatic ring is 1. The van der Waals surface area contributed by atoms with Crippen LogP contribution in [-0.4, -0.2) is 19.2 Å². The van der Waals surface area contributed by atoms with Gasteiger partial charge in [0, 0.05) is 12.0 Å². The molecule has 0 aliphatic heterocycles. The Bertz CT molecular complexity index is 1070. The summed E-state index contributed by atoms with van der Waals surface area (Å²) in [5, 5.41) is 2.38. The summed E-state index contributed by atoms with van der Waals surface area (Å²) in [6, 6.07) is 18.8. The van der Waals surface area contributed by atoms with E-state index >= 15 is 0 Å². The molecule has 31 heavy (non-hydrogen) atoms. The van der Waals surface area contributed by atoms with Crippen LogP contribution in [0.2, 0.25) is 0 Å². The molecule has 0 spiro atoms. The molecule has 0 aromatic heterocycles. The van der Waals surface area contributed by atoms with E-state index in [0.29, 0.717) is 18.5 Å². The maximum absolute atomic E-state index is 11.6. The highest BCUT2D eigenvalue weighted by Gasteiger charge is 2.22. The zero-order valence-corrected chi connectivity index (χ0v) is 18.4. The molecule has 4 heteroatoms. The number of esters is 1. The molecule has 1 saturated carbocycles. The molecule has 0 atom stereocenters. The van der Waals surface area contributed by atoms with Gasteiger partial charge in [0.05, 0.1) is 18.9 Å². The molecule has 1 fully saturated rings. The van der Waals surface area contributed by atoms with Gasteiger partial charge in [0.25, 0.3) is 0 Å². The summed E-state index contributed by atoms with van der Waals surface area (Å²) in [4.78, 5) is 11.6. The monoisotopic (exact) mass is 417 g/mol. The van der Waals surface area contributed by atoms with E-state index in [0.717, 1.165) is 41.2 Å². The van der Waals surface area contributed by atoms with Gasteiger partial charge in [-0.05, 0) is 78.1 Å². The first kappa shape index (κ1) is 21.2. The average Bonchev–Trinajstić information content (AvgIpc) is 2.79. The van der Waals surface area contributed by atoms with E-state index in [2.05, 4.69) is 43.3 Å². The number of fused-ring (bicyclic) bond motifs is 1. The molecule has 2 N–H and O–H groups in total. The number of methoxy groups -OCH3 is 1. The number of carbonyl (C=O) groups is 1. The quantitative estimate of drug-likeness (QED) is 0.386. The third kappa shape index (κ3) is 5.01. The maximum atomic E-state index is 11.6. The second-order valence-corrected chi connectivity index (χ2v) is 8.70. The largest absolute Gasteiger partial charge is 0.488 e. The molecular weight excluding hydrogens is 386 g/mol. The van der Waals surface area contributed by atoms with Gasteiger partial charge in [-0.1, -0.05) is 43.3 Å². The van der Waals surface area contributed by atoms with Crippen molar-refractivity contribution >= 4 is 22.4 Å². The molecule has 0 bridgehead atoms. The van der Waals surface area contributed by atoms with E-state index in [4.69, 9.17) is 15.2 Å². The van der Waals surface area contributed by atoms with Crippen LogP contribution >= 0.6 is 0 Å². The Hall–Kier alpha value is -3.01. The fraction of sp³-hybridized carbons (Fsp3) is 0.370. The van der Waals surface area contributed by atoms with Crippen molar-refractivity contribution in [3.8, 4) is 16.9 Å². The first-order valence-electron chi connectivity index (χ1n) is 11.2. The number of rotatable bonds is 6. The first-order chi connectivity index (χ1) is 15.0. The summed E-state index contributed by atoms with van der Waals surface area (Å²) in [6.07, 6.45) is 5.59. The second kappa shape index (κ2) is 9.42. The molecule has 1 aliphatic rings. The Morgan fingerprint density at radius 1 is 1.00 bits per heavy atom. The molecule has 3 aromatic rings. The summed E-state index contributed by atoms with van der Waals surface area (Å²) < 4.78 is 11.3. The van der Waals surface area contributed by atoms with Crippen molar-refractivity contribution in [2.75, 3.05) is 12.8 Å². The van der Waals surface area contributed by atoms with Crippen molar-refractivity contribution < 1.29 is 14.3 Å². The number of carbonyl (C=O) groups excluding carboxylic acids is 1. The van der Waals surface area contributed by atoms with E-state index in [1.807, 2.05) is 18.2 Å². The van der Waals surface area contributed by atoms with Crippen molar-refractivity contribution in [2.45, 2.75) is 51.6 Å². The lowest BCUT2D eigenvalue weighted by Gasteiger charge is -2.28. The topological polar surface area (TPSA) is 61.5 Å². The molecule has 162 valence electrons. The van der Waals surface area contributed by atoms with E-state index < -0.39 is 0 Å². The van der Waals surface area contributed by atoms with Crippen molar-refractivity contribution in [3.05, 3.63) is 60.2 Å². The lowest BCUT2D eigenvalue weighted by atomic mass is 9.88. The molecule has 1 aliphatic carbocycles. The lowest BCUT2D eigenvalue weighted by molar-refractivity contribution is -0.140. The van der Waals surface area contributed by atoms with Crippen molar-refractivity contribution in [1.82, 2.24) is 0 Å². The van der Waals surface area contributed by atoms with Gasteiger partial charge in [-0.3, -0.25) is 4.79 Å². The highest BCUT2D eigenvalue weighted by molar-refractivity contribution is 5.89. The average molecular weight is 418 g/mol. The third-order valence-electron chi connectivity index (χ3n) is 6.33. The van der Waals surface area contributed by atoms with E-state index in [-0.39, 0.29) is 12.1 Å². The number of nitrogens with two attached hydrogens (primary N) is 1. The molecule has 0 heterocycles. The van der Waals surface area contributed by atoms with Gasteiger partial charge in [0.15, 0.2) is 0 Å². The summed E-state index contributed by atoms with van der Waals surface area (Å²) >= 11 is 0. The van der Waals surface area contributed by atoms with Gasteiger partial charge in [-0.2, -0.15) is 0 Å². The standard InChI is InChI=1S/C27H31NO3/c1-18-7-12-23(13-8-18)31-27-24(15-19(16-25(27)28)9-14-26(29)30-2)22-11-10-20-5-3-4-6-21(20)17-22/h3-6,10-11,15-18,23H,7-9,12-14,28H2,1-2H3. The van der Waals surface area contributed by atoms with Gasteiger partial charge < -0.3 is 15.2 Å². The molecule has 0 saturated heterocycles. The Morgan fingerprint density at radius 2 is 1.74 bits per heavy atom. The number of hydrogen-bond donors (Lipinski definition) is 1. The molecular formula is C27H31NO3. The minimum atomic E-state index is -0.220. The molecule has 0 radical (unpaired) electrons. The van der Waals surface area contributed by atoms with Crippen LogP contribution in [0.4, 0.5) is 5.69 Å². The van der Waals surface area contributed by atoms with E-state index in [9.17, 15) is 4.79 Å². The highest BCUT2D eigenvalue weighted by Crippen LogP contribution is 2.40. The summed E-state index contributed by atoms with van der Waals surface area (Å²) in [6.45, 7) is 2.31. The predicted molar refractivity (Wildman–Crippen MR) is 126 cm³/mol.